The van der Waals surface area contributed by atoms with Crippen LogP contribution in [0.25, 0.3) is 0 Å². The lowest BCUT2D eigenvalue weighted by atomic mass is 9.93. The van der Waals surface area contributed by atoms with Crippen molar-refractivity contribution >= 4 is 27.9 Å². The molecular formula is C17H21BrN2O4. The summed E-state index contributed by atoms with van der Waals surface area (Å²) in [6.45, 7) is 5.48. The number of amides is 2. The average molecular weight is 397 g/mol. The standard InChI is InChI=1S/C17H21BrN2O4/c1-4-5-12-14(16(22)24-9(2)3)15(20-17(23)19-12)11-8-10(18)6-7-13(11)21/h6-9,15,21H,4-5H2,1-3H3,(H2,19,20,23). The first-order valence-electron chi connectivity index (χ1n) is 7.83. The molecule has 0 fully saturated rings. The molecule has 130 valence electrons. The van der Waals surface area contributed by atoms with Crippen molar-refractivity contribution in [2.45, 2.75) is 45.8 Å². The molecule has 1 aromatic rings. The van der Waals surface area contributed by atoms with Gasteiger partial charge in [0.2, 0.25) is 0 Å². The van der Waals surface area contributed by atoms with Gasteiger partial charge in [0.15, 0.2) is 0 Å². The van der Waals surface area contributed by atoms with Gasteiger partial charge in [-0.3, -0.25) is 0 Å². The second-order valence-corrected chi connectivity index (χ2v) is 6.75. The van der Waals surface area contributed by atoms with Crippen LogP contribution in [0.4, 0.5) is 4.79 Å². The molecule has 24 heavy (non-hydrogen) atoms. The average Bonchev–Trinajstić information content (AvgIpc) is 2.48. The third kappa shape index (κ3) is 4.08. The zero-order chi connectivity index (χ0) is 17.9. The molecule has 3 N–H and O–H groups in total. The van der Waals surface area contributed by atoms with Gasteiger partial charge in [-0.1, -0.05) is 29.3 Å². The molecule has 1 heterocycles. The van der Waals surface area contributed by atoms with E-state index in [0.29, 0.717) is 23.3 Å². The number of esters is 1. The normalized spacial score (nSPS) is 17.5. The third-order valence-electron chi connectivity index (χ3n) is 3.52. The summed E-state index contributed by atoms with van der Waals surface area (Å²) in [4.78, 5) is 24.6. The molecule has 0 bridgehead atoms. The molecule has 0 saturated heterocycles. The lowest BCUT2D eigenvalue weighted by Crippen LogP contribution is -2.46. The monoisotopic (exact) mass is 396 g/mol. The Labute approximate surface area is 149 Å². The molecular weight excluding hydrogens is 376 g/mol. The number of urea groups is 1. The zero-order valence-electron chi connectivity index (χ0n) is 13.9. The molecule has 6 nitrogen and oxygen atoms in total. The van der Waals surface area contributed by atoms with E-state index in [1.165, 1.54) is 6.07 Å². The number of ether oxygens (including phenoxy) is 1. The first-order valence-corrected chi connectivity index (χ1v) is 8.62. The first kappa shape index (κ1) is 18.3. The van der Waals surface area contributed by atoms with Gasteiger partial charge in [-0.05, 0) is 38.5 Å². The minimum atomic E-state index is -0.774. The molecule has 1 aliphatic rings. The van der Waals surface area contributed by atoms with E-state index in [0.717, 1.165) is 10.9 Å². The van der Waals surface area contributed by atoms with Crippen LogP contribution in [0.2, 0.25) is 0 Å². The Bertz CT molecular complexity index is 685. The number of phenolic OH excluding ortho intramolecular Hbond substituents is 1. The Morgan fingerprint density at radius 1 is 1.42 bits per heavy atom. The van der Waals surface area contributed by atoms with E-state index in [9.17, 15) is 14.7 Å². The molecule has 1 aliphatic heterocycles. The molecule has 0 aromatic heterocycles. The van der Waals surface area contributed by atoms with Gasteiger partial charge in [-0.2, -0.15) is 0 Å². The molecule has 1 unspecified atom stereocenters. The highest BCUT2D eigenvalue weighted by atomic mass is 79.9. The topological polar surface area (TPSA) is 87.7 Å². The molecule has 1 atom stereocenters. The zero-order valence-corrected chi connectivity index (χ0v) is 15.4. The van der Waals surface area contributed by atoms with Crippen molar-refractivity contribution in [3.8, 4) is 5.75 Å². The number of benzene rings is 1. The van der Waals surface area contributed by atoms with Crippen LogP contribution in [0.3, 0.4) is 0 Å². The number of halogens is 1. The highest BCUT2D eigenvalue weighted by Crippen LogP contribution is 2.35. The van der Waals surface area contributed by atoms with Crippen molar-refractivity contribution in [2.75, 3.05) is 0 Å². The highest BCUT2D eigenvalue weighted by molar-refractivity contribution is 9.10. The Balaban J connectivity index is 2.56. The van der Waals surface area contributed by atoms with Gasteiger partial charge in [-0.15, -0.1) is 0 Å². The van der Waals surface area contributed by atoms with Gasteiger partial charge in [0.1, 0.15) is 5.75 Å². The summed E-state index contributed by atoms with van der Waals surface area (Å²) < 4.78 is 6.07. The summed E-state index contributed by atoms with van der Waals surface area (Å²) in [6, 6.07) is 3.69. The van der Waals surface area contributed by atoms with Crippen LogP contribution in [-0.2, 0) is 9.53 Å². The molecule has 0 saturated carbocycles. The van der Waals surface area contributed by atoms with Crippen molar-refractivity contribution < 1.29 is 19.4 Å². The van der Waals surface area contributed by atoms with E-state index in [2.05, 4.69) is 26.6 Å². The Morgan fingerprint density at radius 2 is 2.12 bits per heavy atom. The fraction of sp³-hybridized carbons (Fsp3) is 0.412. The van der Waals surface area contributed by atoms with Gasteiger partial charge < -0.3 is 20.5 Å². The number of aromatic hydroxyl groups is 1. The summed E-state index contributed by atoms with van der Waals surface area (Å²) in [6.07, 6.45) is 0.995. The lowest BCUT2D eigenvalue weighted by molar-refractivity contribution is -0.143. The van der Waals surface area contributed by atoms with Crippen LogP contribution < -0.4 is 10.6 Å². The first-order chi connectivity index (χ1) is 11.3. The summed E-state index contributed by atoms with van der Waals surface area (Å²) in [7, 11) is 0. The smallest absolute Gasteiger partial charge is 0.338 e. The van der Waals surface area contributed by atoms with Crippen LogP contribution in [-0.4, -0.2) is 23.2 Å². The second-order valence-electron chi connectivity index (χ2n) is 5.83. The quantitative estimate of drug-likeness (QED) is 0.664. The summed E-state index contributed by atoms with van der Waals surface area (Å²) in [5.74, 6) is -0.513. The highest BCUT2D eigenvalue weighted by Gasteiger charge is 2.35. The number of allylic oxidation sites excluding steroid dienone is 1. The van der Waals surface area contributed by atoms with Crippen LogP contribution >= 0.6 is 15.9 Å². The third-order valence-corrected chi connectivity index (χ3v) is 4.01. The van der Waals surface area contributed by atoms with Crippen molar-refractivity contribution in [1.29, 1.82) is 0 Å². The summed E-state index contributed by atoms with van der Waals surface area (Å²) in [5.41, 5.74) is 1.28. The molecule has 2 amide bonds. The Kier molecular flexibility index (Phi) is 5.88. The van der Waals surface area contributed by atoms with Gasteiger partial charge >= 0.3 is 12.0 Å². The van der Waals surface area contributed by atoms with Crippen LogP contribution in [0, 0.1) is 0 Å². The lowest BCUT2D eigenvalue weighted by Gasteiger charge is -2.30. The number of phenols is 1. The number of rotatable bonds is 5. The molecule has 1 aromatic carbocycles. The van der Waals surface area contributed by atoms with Gasteiger partial charge in [0.25, 0.3) is 0 Å². The van der Waals surface area contributed by atoms with Crippen LogP contribution in [0.5, 0.6) is 5.75 Å². The number of nitrogens with one attached hydrogen (secondary N) is 2. The number of hydrogen-bond donors (Lipinski definition) is 3. The number of carbonyl (C=O) groups excluding carboxylic acids is 2. The van der Waals surface area contributed by atoms with Gasteiger partial charge in [0.05, 0.1) is 17.7 Å². The second kappa shape index (κ2) is 7.70. The summed E-state index contributed by atoms with van der Waals surface area (Å²) >= 11 is 3.35. The van der Waals surface area contributed by atoms with Gasteiger partial charge in [-0.25, -0.2) is 9.59 Å². The SMILES string of the molecule is CCCC1=C(C(=O)OC(C)C)C(c2cc(Br)ccc2O)NC(=O)N1. The largest absolute Gasteiger partial charge is 0.508 e. The van der Waals surface area contributed by atoms with E-state index in [1.807, 2.05) is 6.92 Å². The predicted octanol–water partition coefficient (Wildman–Crippen LogP) is 3.51. The van der Waals surface area contributed by atoms with Crippen molar-refractivity contribution in [1.82, 2.24) is 10.6 Å². The number of hydrogen-bond acceptors (Lipinski definition) is 4. The molecule has 0 spiro atoms. The van der Waals surface area contributed by atoms with E-state index in [4.69, 9.17) is 4.74 Å². The summed E-state index contributed by atoms with van der Waals surface area (Å²) in [5, 5.41) is 15.6. The molecule has 0 aliphatic carbocycles. The van der Waals surface area contributed by atoms with Crippen molar-refractivity contribution in [2.24, 2.45) is 0 Å². The Morgan fingerprint density at radius 3 is 2.75 bits per heavy atom. The minimum absolute atomic E-state index is 0.00362. The number of carbonyl (C=O) groups is 2. The van der Waals surface area contributed by atoms with E-state index in [-0.39, 0.29) is 11.9 Å². The predicted molar refractivity (Wildman–Crippen MR) is 93.4 cm³/mol. The van der Waals surface area contributed by atoms with E-state index >= 15 is 0 Å². The fourth-order valence-electron chi connectivity index (χ4n) is 2.57. The molecule has 7 heteroatoms. The maximum atomic E-state index is 12.6. The van der Waals surface area contributed by atoms with E-state index in [1.54, 1.807) is 26.0 Å². The van der Waals surface area contributed by atoms with Crippen LogP contribution in [0.15, 0.2) is 33.9 Å². The Hall–Kier alpha value is -2.02. The maximum Gasteiger partial charge on any atom is 0.338 e. The minimum Gasteiger partial charge on any atom is -0.508 e. The van der Waals surface area contributed by atoms with Crippen molar-refractivity contribution in [3.05, 3.63) is 39.5 Å². The molecule has 0 radical (unpaired) electrons. The van der Waals surface area contributed by atoms with E-state index < -0.39 is 18.0 Å². The molecule has 2 rings (SSSR count). The van der Waals surface area contributed by atoms with Gasteiger partial charge in [0, 0.05) is 15.7 Å². The van der Waals surface area contributed by atoms with Crippen molar-refractivity contribution in [3.63, 3.8) is 0 Å². The fourth-order valence-corrected chi connectivity index (χ4v) is 2.95. The van der Waals surface area contributed by atoms with Crippen LogP contribution in [0.1, 0.15) is 45.2 Å². The maximum absolute atomic E-state index is 12.6.